The van der Waals surface area contributed by atoms with Crippen LogP contribution in [0.15, 0.2) is 33.6 Å². The summed E-state index contributed by atoms with van der Waals surface area (Å²) in [5.41, 5.74) is 1.44. The Balaban J connectivity index is 2.51. The number of carboxylic acid groups (broad SMARTS) is 1. The number of β-amino-alcohol motifs (C(OH)–C–C–N with tert-alkyl or cyclic N) is 1. The molecule has 23 heavy (non-hydrogen) atoms. The zero-order chi connectivity index (χ0) is 17.1. The van der Waals surface area contributed by atoms with E-state index in [9.17, 15) is 30.1 Å². The molecule has 0 bridgehead atoms. The lowest BCUT2D eigenvalue weighted by molar-refractivity contribution is -0.434. The lowest BCUT2D eigenvalue weighted by Gasteiger charge is -2.14. The highest BCUT2D eigenvalue weighted by Crippen LogP contribution is 2.28. The largest absolute Gasteiger partial charge is 0.477 e. The van der Waals surface area contributed by atoms with Gasteiger partial charge >= 0.3 is 17.7 Å². The minimum atomic E-state index is -1.57. The molecule has 12 nitrogen and oxygen atoms in total. The summed E-state index contributed by atoms with van der Waals surface area (Å²) in [6, 6.07) is 2.27. The Labute approximate surface area is 127 Å². The maximum Gasteiger partial charge on any atom is 0.433 e. The lowest BCUT2D eigenvalue weighted by atomic mass is 10.1. The summed E-state index contributed by atoms with van der Waals surface area (Å²) in [4.78, 5) is 31.1. The Kier molecular flexibility index (Phi) is 4.27. The minimum absolute atomic E-state index is 0.0696. The Morgan fingerprint density at radius 1 is 1.35 bits per heavy atom. The Hall–Kier alpha value is -3.41. The van der Waals surface area contributed by atoms with Crippen molar-refractivity contribution in [2.45, 2.75) is 0 Å². The highest BCUT2D eigenvalue weighted by molar-refractivity contribution is 5.94. The number of aliphatic carboxylic acids is 1. The molecular formula is C11H10N4O8. The van der Waals surface area contributed by atoms with Gasteiger partial charge in [0, 0.05) is 6.08 Å². The molecule has 0 atom stereocenters. The van der Waals surface area contributed by atoms with Crippen LogP contribution in [-0.2, 0) is 4.79 Å². The molecular weight excluding hydrogens is 316 g/mol. The van der Waals surface area contributed by atoms with Gasteiger partial charge in [-0.2, -0.15) is 5.43 Å². The number of hydrogen-bond acceptors (Lipinski definition) is 9. The summed E-state index contributed by atoms with van der Waals surface area (Å²) >= 11 is 0. The maximum atomic E-state index is 11.3. The second kappa shape index (κ2) is 6.15. The third-order valence-corrected chi connectivity index (χ3v) is 2.82. The highest BCUT2D eigenvalue weighted by atomic mass is 16.6. The SMILES string of the molecule is O=C(O)C1=C([N+](=O)[O-])NN(CCO)C1=Cc1ccc([N+](=O)[O-])o1. The molecule has 1 aliphatic heterocycles. The van der Waals surface area contributed by atoms with Crippen LogP contribution in [0.1, 0.15) is 5.76 Å². The van der Waals surface area contributed by atoms with E-state index in [1.165, 1.54) is 6.07 Å². The van der Waals surface area contributed by atoms with Crippen LogP contribution < -0.4 is 5.43 Å². The van der Waals surface area contributed by atoms with Gasteiger partial charge in [-0.15, -0.1) is 0 Å². The van der Waals surface area contributed by atoms with Crippen molar-refractivity contribution in [3.05, 3.63) is 55.2 Å². The maximum absolute atomic E-state index is 11.3. The van der Waals surface area contributed by atoms with Gasteiger partial charge in [0.15, 0.2) is 5.57 Å². The van der Waals surface area contributed by atoms with Gasteiger partial charge in [-0.05, 0) is 11.0 Å². The lowest BCUT2D eigenvalue weighted by Crippen LogP contribution is -2.35. The topological polar surface area (TPSA) is 172 Å². The average Bonchev–Trinajstić information content (AvgIpc) is 3.05. The van der Waals surface area contributed by atoms with Crippen molar-refractivity contribution in [2.24, 2.45) is 0 Å². The van der Waals surface area contributed by atoms with E-state index in [0.29, 0.717) is 0 Å². The molecule has 2 rings (SSSR count). The summed E-state index contributed by atoms with van der Waals surface area (Å²) in [7, 11) is 0. The molecule has 122 valence electrons. The molecule has 0 fully saturated rings. The van der Waals surface area contributed by atoms with Crippen molar-refractivity contribution in [3.63, 3.8) is 0 Å². The molecule has 0 unspecified atom stereocenters. The second-order valence-corrected chi connectivity index (χ2v) is 4.24. The molecule has 0 spiro atoms. The van der Waals surface area contributed by atoms with Crippen molar-refractivity contribution < 1.29 is 29.3 Å². The van der Waals surface area contributed by atoms with Crippen molar-refractivity contribution in [1.29, 1.82) is 0 Å². The number of rotatable bonds is 6. The zero-order valence-electron chi connectivity index (χ0n) is 11.3. The highest BCUT2D eigenvalue weighted by Gasteiger charge is 2.39. The Morgan fingerprint density at radius 2 is 2.04 bits per heavy atom. The molecule has 0 radical (unpaired) electrons. The van der Waals surface area contributed by atoms with Gasteiger partial charge < -0.3 is 24.7 Å². The van der Waals surface area contributed by atoms with Gasteiger partial charge in [-0.3, -0.25) is 10.1 Å². The van der Waals surface area contributed by atoms with Crippen LogP contribution in [-0.4, -0.2) is 44.2 Å². The fourth-order valence-electron chi connectivity index (χ4n) is 1.92. The summed E-state index contributed by atoms with van der Waals surface area (Å²) < 4.78 is 4.88. The van der Waals surface area contributed by atoms with Crippen molar-refractivity contribution in [2.75, 3.05) is 13.2 Å². The van der Waals surface area contributed by atoms with Crippen molar-refractivity contribution >= 4 is 17.9 Å². The molecule has 1 aliphatic rings. The first-order valence-corrected chi connectivity index (χ1v) is 6.08. The fourth-order valence-corrected chi connectivity index (χ4v) is 1.92. The number of furan rings is 1. The molecule has 0 saturated carbocycles. The summed E-state index contributed by atoms with van der Waals surface area (Å²) in [5.74, 6) is -2.98. The summed E-state index contributed by atoms with van der Waals surface area (Å²) in [6.07, 6.45) is 1.09. The molecule has 0 aromatic carbocycles. The van der Waals surface area contributed by atoms with Crippen LogP contribution in [0.4, 0.5) is 5.88 Å². The van der Waals surface area contributed by atoms with Crippen LogP contribution in [0.5, 0.6) is 0 Å². The van der Waals surface area contributed by atoms with Crippen LogP contribution in [0.2, 0.25) is 0 Å². The molecule has 12 heteroatoms. The fraction of sp³-hybridized carbons (Fsp3) is 0.182. The van der Waals surface area contributed by atoms with Gasteiger partial charge in [0.25, 0.3) is 0 Å². The van der Waals surface area contributed by atoms with Crippen molar-refractivity contribution in [3.8, 4) is 0 Å². The number of nitrogens with zero attached hydrogens (tertiary/aromatic N) is 3. The number of carbonyl (C=O) groups is 1. The normalized spacial score (nSPS) is 15.9. The first-order chi connectivity index (χ1) is 10.8. The smallest absolute Gasteiger partial charge is 0.433 e. The van der Waals surface area contributed by atoms with Crippen LogP contribution in [0.25, 0.3) is 6.08 Å². The van der Waals surface area contributed by atoms with E-state index < -0.39 is 39.7 Å². The van der Waals surface area contributed by atoms with Gasteiger partial charge in [0.1, 0.15) is 16.4 Å². The van der Waals surface area contributed by atoms with Crippen molar-refractivity contribution in [1.82, 2.24) is 10.4 Å². The number of nitro groups is 2. The van der Waals surface area contributed by atoms with Gasteiger partial charge in [-0.25, -0.2) is 9.80 Å². The third-order valence-electron chi connectivity index (χ3n) is 2.82. The van der Waals surface area contributed by atoms with Gasteiger partial charge in [0.05, 0.1) is 19.2 Å². The molecule has 3 N–H and O–H groups in total. The first kappa shape index (κ1) is 16.0. The predicted molar refractivity (Wildman–Crippen MR) is 71.9 cm³/mol. The Morgan fingerprint density at radius 3 is 2.52 bits per heavy atom. The third kappa shape index (κ3) is 3.11. The minimum Gasteiger partial charge on any atom is -0.477 e. The van der Waals surface area contributed by atoms with Crippen LogP contribution in [0.3, 0.4) is 0 Å². The quantitative estimate of drug-likeness (QED) is 0.473. The molecule has 1 aromatic rings. The van der Waals surface area contributed by atoms with E-state index >= 15 is 0 Å². The molecule has 2 heterocycles. The average molecular weight is 326 g/mol. The summed E-state index contributed by atoms with van der Waals surface area (Å²) in [6.45, 7) is -0.566. The molecule has 1 aromatic heterocycles. The van der Waals surface area contributed by atoms with Gasteiger partial charge in [0.2, 0.25) is 0 Å². The number of carboxylic acids is 1. The summed E-state index contributed by atoms with van der Waals surface area (Å²) in [5, 5.41) is 40.7. The second-order valence-electron chi connectivity index (χ2n) is 4.24. The van der Waals surface area contributed by atoms with E-state index in [1.54, 1.807) is 0 Å². The van der Waals surface area contributed by atoms with Gasteiger partial charge in [-0.1, -0.05) is 0 Å². The number of hydrogen-bond donors (Lipinski definition) is 3. The van der Waals surface area contributed by atoms with E-state index in [4.69, 9.17) is 9.52 Å². The van der Waals surface area contributed by atoms with Crippen LogP contribution in [0, 0.1) is 20.2 Å². The predicted octanol–water partition coefficient (Wildman–Crippen LogP) is -0.0859. The first-order valence-electron chi connectivity index (χ1n) is 6.08. The Bertz CT molecular complexity index is 734. The zero-order valence-corrected chi connectivity index (χ0v) is 11.3. The van der Waals surface area contributed by atoms with E-state index in [0.717, 1.165) is 17.2 Å². The monoisotopic (exact) mass is 326 g/mol. The van der Waals surface area contributed by atoms with E-state index in [1.807, 2.05) is 0 Å². The number of aliphatic hydroxyl groups is 1. The molecule has 0 aliphatic carbocycles. The molecule has 0 amide bonds. The number of aliphatic hydroxyl groups excluding tert-OH is 1. The van der Waals surface area contributed by atoms with E-state index in [2.05, 4.69) is 5.43 Å². The molecule has 0 saturated heterocycles. The van der Waals surface area contributed by atoms with E-state index in [-0.39, 0.29) is 18.0 Å². The van der Waals surface area contributed by atoms with Crippen LogP contribution >= 0.6 is 0 Å². The number of hydrazine groups is 1. The standard InChI is InChI=1S/C11H10N4O8/c16-4-3-13-7(5-6-1-2-8(23-6)14(19)20)9(11(17)18)10(12-13)15(21)22/h1-2,5,12,16H,3-4H2,(H,17,18). The number of nitrogens with one attached hydrogen (secondary N) is 1.